The highest BCUT2D eigenvalue weighted by Crippen LogP contribution is 2.21. The van der Waals surface area contributed by atoms with Crippen LogP contribution in [0, 0.1) is 13.8 Å². The van der Waals surface area contributed by atoms with Crippen molar-refractivity contribution in [1.82, 2.24) is 14.8 Å². The molecule has 0 saturated carbocycles. The van der Waals surface area contributed by atoms with E-state index in [0.29, 0.717) is 16.9 Å². The zero-order valence-electron chi connectivity index (χ0n) is 11.5. The second-order valence-electron chi connectivity index (χ2n) is 4.45. The van der Waals surface area contributed by atoms with Gasteiger partial charge in [-0.2, -0.15) is 5.10 Å². The van der Waals surface area contributed by atoms with Gasteiger partial charge in [0.15, 0.2) is 0 Å². The Bertz CT molecular complexity index is 667. The Morgan fingerprint density at radius 1 is 1.45 bits per heavy atom. The number of ether oxygens (including phenoxy) is 1. The lowest BCUT2D eigenvalue weighted by molar-refractivity contribution is 0.0461. The van der Waals surface area contributed by atoms with Gasteiger partial charge in [0, 0.05) is 7.05 Å². The van der Waals surface area contributed by atoms with E-state index >= 15 is 0 Å². The Balaban J connectivity index is 2.15. The molecule has 0 aliphatic heterocycles. The van der Waals surface area contributed by atoms with E-state index in [1.165, 1.54) is 6.20 Å². The van der Waals surface area contributed by atoms with Gasteiger partial charge in [-0.05, 0) is 35.8 Å². The van der Waals surface area contributed by atoms with Gasteiger partial charge < -0.3 is 10.5 Å². The number of hydrogen-bond donors (Lipinski definition) is 1. The first kappa shape index (κ1) is 14.5. The first-order chi connectivity index (χ1) is 9.40. The van der Waals surface area contributed by atoms with Crippen LogP contribution >= 0.6 is 15.9 Å². The minimum absolute atomic E-state index is 0.130. The molecule has 0 aliphatic carbocycles. The molecule has 0 bridgehead atoms. The Morgan fingerprint density at radius 3 is 2.75 bits per heavy atom. The van der Waals surface area contributed by atoms with Crippen molar-refractivity contribution in [1.29, 1.82) is 0 Å². The van der Waals surface area contributed by atoms with Crippen molar-refractivity contribution in [2.75, 3.05) is 5.73 Å². The summed E-state index contributed by atoms with van der Waals surface area (Å²) in [5.41, 5.74) is 8.67. The lowest BCUT2D eigenvalue weighted by atomic mass is 10.2. The van der Waals surface area contributed by atoms with Crippen LogP contribution in [0.3, 0.4) is 0 Å². The normalized spacial score (nSPS) is 10.6. The van der Waals surface area contributed by atoms with Crippen molar-refractivity contribution < 1.29 is 9.53 Å². The van der Waals surface area contributed by atoms with Crippen LogP contribution in [0.25, 0.3) is 0 Å². The quantitative estimate of drug-likeness (QED) is 0.866. The third-order valence-corrected chi connectivity index (χ3v) is 3.96. The molecule has 0 atom stereocenters. The molecule has 0 amide bonds. The number of rotatable bonds is 3. The van der Waals surface area contributed by atoms with E-state index in [1.54, 1.807) is 24.7 Å². The minimum Gasteiger partial charge on any atom is -0.456 e. The Labute approximate surface area is 125 Å². The van der Waals surface area contributed by atoms with Gasteiger partial charge in [0.1, 0.15) is 6.61 Å². The molecule has 2 aromatic rings. The molecule has 0 radical (unpaired) electrons. The summed E-state index contributed by atoms with van der Waals surface area (Å²) in [7, 11) is 1.80. The molecule has 0 saturated heterocycles. The number of carbonyl (C=O) groups is 1. The third-order valence-electron chi connectivity index (χ3n) is 2.93. The lowest BCUT2D eigenvalue weighted by Gasteiger charge is -2.08. The average molecular weight is 339 g/mol. The molecular weight excluding hydrogens is 324 g/mol. The van der Waals surface area contributed by atoms with Crippen LogP contribution in [-0.4, -0.2) is 20.7 Å². The largest absolute Gasteiger partial charge is 0.456 e. The Morgan fingerprint density at radius 2 is 2.15 bits per heavy atom. The predicted octanol–water partition coefficient (Wildman–Crippen LogP) is 2.13. The molecule has 0 unspecified atom stereocenters. The monoisotopic (exact) mass is 338 g/mol. The van der Waals surface area contributed by atoms with E-state index < -0.39 is 5.97 Å². The zero-order chi connectivity index (χ0) is 14.9. The highest BCUT2D eigenvalue weighted by Gasteiger charge is 2.16. The van der Waals surface area contributed by atoms with Crippen LogP contribution in [0.15, 0.2) is 16.7 Å². The van der Waals surface area contributed by atoms with E-state index in [1.807, 2.05) is 6.92 Å². The standard InChI is InChI=1S/C13H15BrN4O2/c1-7-10(4-9(15)5-16-7)13(19)20-6-11-12(14)8(2)17-18(11)3/h4-5H,6,15H2,1-3H3. The van der Waals surface area contributed by atoms with Crippen LogP contribution in [0.4, 0.5) is 5.69 Å². The summed E-state index contributed by atoms with van der Waals surface area (Å²) in [6.45, 7) is 3.74. The van der Waals surface area contributed by atoms with Crippen molar-refractivity contribution in [3.05, 3.63) is 39.4 Å². The number of carbonyl (C=O) groups excluding carboxylic acids is 1. The van der Waals surface area contributed by atoms with Crippen molar-refractivity contribution in [3.8, 4) is 0 Å². The summed E-state index contributed by atoms with van der Waals surface area (Å²) in [6, 6.07) is 1.56. The molecule has 0 aliphatic rings. The molecule has 2 N–H and O–H groups in total. The summed E-state index contributed by atoms with van der Waals surface area (Å²) in [6.07, 6.45) is 1.51. The Kier molecular flexibility index (Phi) is 4.08. The molecule has 106 valence electrons. The SMILES string of the molecule is Cc1ncc(N)cc1C(=O)OCc1c(Br)c(C)nn1C. The lowest BCUT2D eigenvalue weighted by Crippen LogP contribution is -2.11. The summed E-state index contributed by atoms with van der Waals surface area (Å²) in [5.74, 6) is -0.451. The van der Waals surface area contributed by atoms with E-state index in [-0.39, 0.29) is 6.61 Å². The van der Waals surface area contributed by atoms with Gasteiger partial charge in [0.05, 0.1) is 39.0 Å². The molecule has 2 rings (SSSR count). The maximum absolute atomic E-state index is 12.1. The van der Waals surface area contributed by atoms with E-state index in [9.17, 15) is 4.79 Å². The van der Waals surface area contributed by atoms with Gasteiger partial charge in [-0.3, -0.25) is 9.67 Å². The molecule has 7 heteroatoms. The third kappa shape index (κ3) is 2.82. The fraction of sp³-hybridized carbons (Fsp3) is 0.308. The molecule has 0 aromatic carbocycles. The second-order valence-corrected chi connectivity index (χ2v) is 5.24. The van der Waals surface area contributed by atoms with Crippen LogP contribution < -0.4 is 5.73 Å². The zero-order valence-corrected chi connectivity index (χ0v) is 13.1. The molecule has 2 heterocycles. The number of nitrogens with two attached hydrogens (primary N) is 1. The van der Waals surface area contributed by atoms with Gasteiger partial charge in [-0.1, -0.05) is 0 Å². The maximum atomic E-state index is 12.1. The first-order valence-corrected chi connectivity index (χ1v) is 6.76. The fourth-order valence-corrected chi connectivity index (χ4v) is 2.25. The van der Waals surface area contributed by atoms with Gasteiger partial charge in [-0.25, -0.2) is 4.79 Å². The molecule has 0 spiro atoms. The molecule has 20 heavy (non-hydrogen) atoms. The summed E-state index contributed by atoms with van der Waals surface area (Å²) >= 11 is 3.43. The van der Waals surface area contributed by atoms with E-state index in [4.69, 9.17) is 10.5 Å². The number of anilines is 1. The van der Waals surface area contributed by atoms with E-state index in [2.05, 4.69) is 26.0 Å². The number of hydrogen-bond acceptors (Lipinski definition) is 5. The van der Waals surface area contributed by atoms with Gasteiger partial charge in [0.2, 0.25) is 0 Å². The highest BCUT2D eigenvalue weighted by molar-refractivity contribution is 9.10. The topological polar surface area (TPSA) is 83.0 Å². The van der Waals surface area contributed by atoms with Gasteiger partial charge >= 0.3 is 5.97 Å². The highest BCUT2D eigenvalue weighted by atomic mass is 79.9. The predicted molar refractivity (Wildman–Crippen MR) is 78.2 cm³/mol. The number of aromatic nitrogens is 3. The van der Waals surface area contributed by atoms with Gasteiger partial charge in [-0.15, -0.1) is 0 Å². The maximum Gasteiger partial charge on any atom is 0.340 e. The average Bonchev–Trinajstić information content (AvgIpc) is 2.64. The molecule has 2 aromatic heterocycles. The van der Waals surface area contributed by atoms with Crippen molar-refractivity contribution in [2.24, 2.45) is 7.05 Å². The first-order valence-electron chi connectivity index (χ1n) is 5.97. The van der Waals surface area contributed by atoms with Crippen LogP contribution in [0.1, 0.15) is 27.4 Å². The molecule has 6 nitrogen and oxygen atoms in total. The molecule has 0 fully saturated rings. The van der Waals surface area contributed by atoms with E-state index in [0.717, 1.165) is 15.9 Å². The minimum atomic E-state index is -0.451. The van der Waals surface area contributed by atoms with Crippen molar-refractivity contribution >= 4 is 27.6 Å². The number of pyridine rings is 1. The van der Waals surface area contributed by atoms with Crippen molar-refractivity contribution in [2.45, 2.75) is 20.5 Å². The fourth-order valence-electron chi connectivity index (χ4n) is 1.80. The number of esters is 1. The van der Waals surface area contributed by atoms with Gasteiger partial charge in [0.25, 0.3) is 0 Å². The smallest absolute Gasteiger partial charge is 0.340 e. The van der Waals surface area contributed by atoms with Crippen LogP contribution in [-0.2, 0) is 18.4 Å². The van der Waals surface area contributed by atoms with Crippen molar-refractivity contribution in [3.63, 3.8) is 0 Å². The van der Waals surface area contributed by atoms with Crippen LogP contribution in [0.5, 0.6) is 0 Å². The number of nitrogen functional groups attached to an aromatic ring is 1. The number of halogens is 1. The summed E-state index contributed by atoms with van der Waals surface area (Å²) in [4.78, 5) is 16.1. The number of aryl methyl sites for hydroxylation is 3. The molecular formula is C13H15BrN4O2. The number of nitrogens with zero attached hydrogens (tertiary/aromatic N) is 3. The van der Waals surface area contributed by atoms with Crippen LogP contribution in [0.2, 0.25) is 0 Å². The summed E-state index contributed by atoms with van der Waals surface area (Å²) < 4.78 is 7.82. The Hall–Kier alpha value is -1.89. The summed E-state index contributed by atoms with van der Waals surface area (Å²) in [5, 5.41) is 4.24. The second kappa shape index (κ2) is 5.62.